The lowest BCUT2D eigenvalue weighted by Crippen LogP contribution is -2.53. The highest BCUT2D eigenvalue weighted by Crippen LogP contribution is 2.18. The minimum atomic E-state index is -1.00. The second kappa shape index (κ2) is 9.98. The first-order chi connectivity index (χ1) is 14.7. The average molecular weight is 430 g/mol. The minimum Gasteiger partial charge on any atom is -0.325 e. The Morgan fingerprint density at radius 1 is 1.00 bits per heavy atom. The van der Waals surface area contributed by atoms with Crippen molar-refractivity contribution in [1.29, 1.82) is 0 Å². The highest BCUT2D eigenvalue weighted by Gasteiger charge is 2.26. The molecule has 2 aromatic rings. The molecular weight excluding hydrogens is 402 g/mol. The van der Waals surface area contributed by atoms with Gasteiger partial charge < -0.3 is 10.6 Å². The van der Waals surface area contributed by atoms with Crippen molar-refractivity contribution in [2.24, 2.45) is 0 Å². The molecule has 1 aliphatic heterocycles. The van der Waals surface area contributed by atoms with E-state index in [9.17, 15) is 18.4 Å². The van der Waals surface area contributed by atoms with Crippen LogP contribution in [0, 0.1) is 25.5 Å². The molecule has 0 bridgehead atoms. The summed E-state index contributed by atoms with van der Waals surface area (Å²) in [6, 6.07) is 8.67. The van der Waals surface area contributed by atoms with E-state index in [0.717, 1.165) is 28.9 Å². The van der Waals surface area contributed by atoms with E-state index in [2.05, 4.69) is 15.5 Å². The van der Waals surface area contributed by atoms with Crippen LogP contribution in [0.25, 0.3) is 0 Å². The number of carbonyl (C=O) groups excluding carboxylic acids is 2. The Hall–Kier alpha value is -2.84. The van der Waals surface area contributed by atoms with Gasteiger partial charge in [0.2, 0.25) is 11.8 Å². The van der Waals surface area contributed by atoms with Crippen LogP contribution >= 0.6 is 0 Å². The van der Waals surface area contributed by atoms with Gasteiger partial charge in [-0.05, 0) is 50.1 Å². The number of hydrogen-bond donors (Lipinski definition) is 2. The van der Waals surface area contributed by atoms with Crippen LogP contribution in [-0.2, 0) is 9.59 Å². The van der Waals surface area contributed by atoms with Crippen LogP contribution in [0.1, 0.15) is 18.1 Å². The zero-order valence-electron chi connectivity index (χ0n) is 18.0. The third-order valence-corrected chi connectivity index (χ3v) is 5.77. The van der Waals surface area contributed by atoms with Crippen molar-refractivity contribution < 1.29 is 18.4 Å². The highest BCUT2D eigenvalue weighted by molar-refractivity contribution is 5.94. The molecule has 1 heterocycles. The van der Waals surface area contributed by atoms with E-state index in [1.54, 1.807) is 6.92 Å². The van der Waals surface area contributed by atoms with Gasteiger partial charge in [-0.3, -0.25) is 19.4 Å². The van der Waals surface area contributed by atoms with Crippen molar-refractivity contribution in [3.63, 3.8) is 0 Å². The normalized spacial score (nSPS) is 16.0. The number of amides is 2. The second-order valence-electron chi connectivity index (χ2n) is 7.90. The van der Waals surface area contributed by atoms with Crippen molar-refractivity contribution >= 4 is 23.2 Å². The number of halogens is 2. The van der Waals surface area contributed by atoms with Crippen molar-refractivity contribution in [1.82, 2.24) is 9.80 Å². The largest absolute Gasteiger partial charge is 0.325 e. The van der Waals surface area contributed by atoms with Gasteiger partial charge in [-0.15, -0.1) is 0 Å². The topological polar surface area (TPSA) is 64.7 Å². The van der Waals surface area contributed by atoms with E-state index in [4.69, 9.17) is 0 Å². The molecule has 2 amide bonds. The zero-order valence-corrected chi connectivity index (χ0v) is 18.0. The molecule has 0 radical (unpaired) electrons. The summed E-state index contributed by atoms with van der Waals surface area (Å²) in [7, 11) is 0. The number of nitrogens with zero attached hydrogens (tertiary/aromatic N) is 2. The van der Waals surface area contributed by atoms with E-state index in [-0.39, 0.29) is 24.0 Å². The molecule has 3 rings (SSSR count). The predicted molar refractivity (Wildman–Crippen MR) is 117 cm³/mol. The number of anilines is 2. The molecule has 2 aromatic carbocycles. The Kier molecular flexibility index (Phi) is 7.35. The quantitative estimate of drug-likeness (QED) is 0.739. The molecule has 1 unspecified atom stereocenters. The summed E-state index contributed by atoms with van der Waals surface area (Å²) in [5.41, 5.74) is 3.23. The lowest BCUT2D eigenvalue weighted by Gasteiger charge is -2.37. The SMILES string of the molecule is Cc1cccc(NC(=O)CN2CCN(C(C)C(=O)Nc3ccc(F)c(F)c3)CC2)c1C. The lowest BCUT2D eigenvalue weighted by molar-refractivity contribution is -0.122. The fourth-order valence-corrected chi connectivity index (χ4v) is 3.57. The molecule has 0 aliphatic carbocycles. The number of rotatable bonds is 6. The average Bonchev–Trinajstić information content (AvgIpc) is 2.74. The second-order valence-corrected chi connectivity index (χ2v) is 7.90. The molecule has 0 spiro atoms. The number of hydrogen-bond acceptors (Lipinski definition) is 4. The molecule has 166 valence electrons. The monoisotopic (exact) mass is 430 g/mol. The van der Waals surface area contributed by atoms with Crippen LogP contribution in [0.5, 0.6) is 0 Å². The minimum absolute atomic E-state index is 0.0636. The van der Waals surface area contributed by atoms with Crippen LogP contribution < -0.4 is 10.6 Å². The Morgan fingerprint density at radius 2 is 1.71 bits per heavy atom. The predicted octanol–water partition coefficient (Wildman–Crippen LogP) is 3.16. The van der Waals surface area contributed by atoms with E-state index in [1.807, 2.05) is 36.9 Å². The summed E-state index contributed by atoms with van der Waals surface area (Å²) in [5.74, 6) is -2.31. The number of benzene rings is 2. The van der Waals surface area contributed by atoms with E-state index in [0.29, 0.717) is 26.2 Å². The number of aryl methyl sites for hydroxylation is 1. The molecule has 0 aromatic heterocycles. The number of carbonyl (C=O) groups is 2. The maximum absolute atomic E-state index is 13.3. The molecule has 2 N–H and O–H groups in total. The lowest BCUT2D eigenvalue weighted by atomic mass is 10.1. The zero-order chi connectivity index (χ0) is 22.5. The van der Waals surface area contributed by atoms with Crippen LogP contribution in [0.3, 0.4) is 0 Å². The first-order valence-corrected chi connectivity index (χ1v) is 10.3. The van der Waals surface area contributed by atoms with Gasteiger partial charge in [0.25, 0.3) is 0 Å². The van der Waals surface area contributed by atoms with Crippen molar-refractivity contribution in [3.05, 3.63) is 59.2 Å². The van der Waals surface area contributed by atoms with Crippen molar-refractivity contribution in [2.45, 2.75) is 26.8 Å². The van der Waals surface area contributed by atoms with E-state index in [1.165, 1.54) is 6.07 Å². The summed E-state index contributed by atoms with van der Waals surface area (Å²) in [6.07, 6.45) is 0. The van der Waals surface area contributed by atoms with Crippen LogP contribution in [0.4, 0.5) is 20.2 Å². The number of nitrogens with one attached hydrogen (secondary N) is 2. The maximum Gasteiger partial charge on any atom is 0.241 e. The molecule has 8 heteroatoms. The van der Waals surface area contributed by atoms with E-state index < -0.39 is 17.7 Å². The Morgan fingerprint density at radius 3 is 2.39 bits per heavy atom. The third kappa shape index (κ3) is 5.86. The highest BCUT2D eigenvalue weighted by atomic mass is 19.2. The molecule has 1 saturated heterocycles. The molecular formula is C23H28F2N4O2. The van der Waals surface area contributed by atoms with Crippen molar-refractivity contribution in [2.75, 3.05) is 43.4 Å². The van der Waals surface area contributed by atoms with Crippen LogP contribution in [0.2, 0.25) is 0 Å². The molecule has 1 atom stereocenters. The Bertz CT molecular complexity index is 959. The van der Waals surface area contributed by atoms with Gasteiger partial charge in [0.15, 0.2) is 11.6 Å². The maximum atomic E-state index is 13.3. The first kappa shape index (κ1) is 22.8. The molecule has 1 fully saturated rings. The smallest absolute Gasteiger partial charge is 0.241 e. The van der Waals surface area contributed by atoms with Crippen molar-refractivity contribution in [3.8, 4) is 0 Å². The summed E-state index contributed by atoms with van der Waals surface area (Å²) in [5, 5.41) is 5.59. The van der Waals surface area contributed by atoms with Gasteiger partial charge in [-0.1, -0.05) is 12.1 Å². The third-order valence-electron chi connectivity index (χ3n) is 5.77. The van der Waals surface area contributed by atoms with Gasteiger partial charge in [0, 0.05) is 43.6 Å². The summed E-state index contributed by atoms with van der Waals surface area (Å²) < 4.78 is 26.4. The van der Waals surface area contributed by atoms with Gasteiger partial charge in [0.1, 0.15) is 0 Å². The first-order valence-electron chi connectivity index (χ1n) is 10.3. The van der Waals surface area contributed by atoms with Gasteiger partial charge in [0.05, 0.1) is 12.6 Å². The van der Waals surface area contributed by atoms with Gasteiger partial charge in [-0.2, -0.15) is 0 Å². The summed E-state index contributed by atoms with van der Waals surface area (Å²) in [6.45, 7) is 8.62. The fraction of sp³-hybridized carbons (Fsp3) is 0.391. The standard InChI is InChI=1S/C23H28F2N4O2/c1-15-5-4-6-21(16(15)2)27-22(30)14-28-9-11-29(12-10-28)17(3)23(31)26-18-7-8-19(24)20(25)13-18/h4-8,13,17H,9-12,14H2,1-3H3,(H,26,31)(H,27,30). The van der Waals surface area contributed by atoms with Gasteiger partial charge >= 0.3 is 0 Å². The van der Waals surface area contributed by atoms with Crippen LogP contribution in [-0.4, -0.2) is 60.4 Å². The molecule has 1 aliphatic rings. The van der Waals surface area contributed by atoms with E-state index >= 15 is 0 Å². The fourth-order valence-electron chi connectivity index (χ4n) is 3.57. The van der Waals surface area contributed by atoms with Gasteiger partial charge in [-0.25, -0.2) is 8.78 Å². The summed E-state index contributed by atoms with van der Waals surface area (Å²) >= 11 is 0. The molecule has 31 heavy (non-hydrogen) atoms. The molecule has 0 saturated carbocycles. The molecule has 6 nitrogen and oxygen atoms in total. The Balaban J connectivity index is 1.47. The van der Waals surface area contributed by atoms with Crippen LogP contribution in [0.15, 0.2) is 36.4 Å². The summed E-state index contributed by atoms with van der Waals surface area (Å²) in [4.78, 5) is 29.0. The number of piperazine rings is 1. The Labute approximate surface area is 181 Å².